The van der Waals surface area contributed by atoms with Crippen molar-refractivity contribution >= 4 is 21.5 Å². The minimum atomic E-state index is -0.485. The summed E-state index contributed by atoms with van der Waals surface area (Å²) < 4.78 is 15.9. The lowest BCUT2D eigenvalue weighted by atomic mass is 9.99. The molecule has 0 fully saturated rings. The Balaban J connectivity index is 2.62. The van der Waals surface area contributed by atoms with Gasteiger partial charge in [-0.3, -0.25) is 0 Å². The lowest BCUT2D eigenvalue weighted by Crippen LogP contribution is -2.03. The van der Waals surface area contributed by atoms with Crippen LogP contribution in [0.3, 0.4) is 0 Å². The number of aryl methyl sites for hydroxylation is 1. The van der Waals surface area contributed by atoms with E-state index in [2.05, 4.69) is 0 Å². The number of hydrogen-bond donors (Lipinski definition) is 1. The van der Waals surface area contributed by atoms with Crippen molar-refractivity contribution in [2.45, 2.75) is 13.8 Å². The SMILES string of the molecule is COc1cc2cc3cc(C)oc(=O)c3c(OC)c2c(O)c1C. The Kier molecular flexibility index (Phi) is 3.20. The first-order valence-corrected chi connectivity index (χ1v) is 6.79. The molecule has 1 N–H and O–H groups in total. The lowest BCUT2D eigenvalue weighted by molar-refractivity contribution is 0.402. The van der Waals surface area contributed by atoms with E-state index in [4.69, 9.17) is 13.9 Å². The van der Waals surface area contributed by atoms with Gasteiger partial charge in [-0.25, -0.2) is 4.79 Å². The minimum Gasteiger partial charge on any atom is -0.507 e. The second kappa shape index (κ2) is 4.94. The van der Waals surface area contributed by atoms with Gasteiger partial charge in [0.15, 0.2) is 0 Å². The fourth-order valence-corrected chi connectivity index (χ4v) is 2.80. The summed E-state index contributed by atoms with van der Waals surface area (Å²) in [6, 6.07) is 5.40. The molecular weight excluding hydrogens is 284 g/mol. The third-order valence-electron chi connectivity index (χ3n) is 3.83. The van der Waals surface area contributed by atoms with Crippen molar-refractivity contribution in [3.63, 3.8) is 0 Å². The van der Waals surface area contributed by atoms with Gasteiger partial charge in [0.05, 0.1) is 19.6 Å². The highest BCUT2D eigenvalue weighted by molar-refractivity contribution is 6.08. The summed E-state index contributed by atoms with van der Waals surface area (Å²) in [6.07, 6.45) is 0. The second-order valence-electron chi connectivity index (χ2n) is 5.17. The van der Waals surface area contributed by atoms with Crippen LogP contribution in [-0.2, 0) is 0 Å². The fraction of sp³-hybridized carbons (Fsp3) is 0.235. The zero-order chi connectivity index (χ0) is 16.0. The first-order valence-electron chi connectivity index (χ1n) is 6.79. The Morgan fingerprint density at radius 3 is 2.32 bits per heavy atom. The molecule has 0 aliphatic heterocycles. The van der Waals surface area contributed by atoms with E-state index < -0.39 is 5.63 Å². The van der Waals surface area contributed by atoms with Crippen molar-refractivity contribution in [3.05, 3.63) is 39.9 Å². The molecule has 1 heterocycles. The quantitative estimate of drug-likeness (QED) is 0.735. The largest absolute Gasteiger partial charge is 0.507 e. The second-order valence-corrected chi connectivity index (χ2v) is 5.17. The third kappa shape index (κ3) is 1.89. The third-order valence-corrected chi connectivity index (χ3v) is 3.83. The number of fused-ring (bicyclic) bond motifs is 2. The summed E-state index contributed by atoms with van der Waals surface area (Å²) in [6.45, 7) is 3.46. The number of ether oxygens (including phenoxy) is 2. The Labute approximate surface area is 126 Å². The summed E-state index contributed by atoms with van der Waals surface area (Å²) in [7, 11) is 3.01. The number of aromatic hydroxyl groups is 1. The molecule has 0 saturated carbocycles. The summed E-state index contributed by atoms with van der Waals surface area (Å²) >= 11 is 0. The lowest BCUT2D eigenvalue weighted by Gasteiger charge is -2.14. The van der Waals surface area contributed by atoms with Gasteiger partial charge in [0.1, 0.15) is 28.4 Å². The maximum Gasteiger partial charge on any atom is 0.347 e. The number of phenolic OH excluding ortho intramolecular Hbond substituents is 1. The molecule has 5 heteroatoms. The van der Waals surface area contributed by atoms with Gasteiger partial charge in [-0.15, -0.1) is 0 Å². The van der Waals surface area contributed by atoms with Gasteiger partial charge < -0.3 is 19.0 Å². The van der Waals surface area contributed by atoms with E-state index in [1.807, 2.05) is 12.1 Å². The van der Waals surface area contributed by atoms with Gasteiger partial charge in [0, 0.05) is 5.56 Å². The van der Waals surface area contributed by atoms with Crippen LogP contribution in [0.4, 0.5) is 0 Å². The topological polar surface area (TPSA) is 68.9 Å². The Hall–Kier alpha value is -2.69. The standard InChI is InChI=1S/C17H16O5/c1-8-5-10-6-11-7-12(20-3)9(2)15(18)13(11)16(21-4)14(10)17(19)22-8/h5-7,18H,1-4H3. The molecule has 0 amide bonds. The highest BCUT2D eigenvalue weighted by Crippen LogP contribution is 2.43. The summed E-state index contributed by atoms with van der Waals surface area (Å²) in [5.41, 5.74) is 0.103. The highest BCUT2D eigenvalue weighted by atomic mass is 16.5. The van der Waals surface area contributed by atoms with Gasteiger partial charge in [0.2, 0.25) is 0 Å². The molecule has 1 aromatic heterocycles. The predicted molar refractivity (Wildman–Crippen MR) is 84.2 cm³/mol. The van der Waals surface area contributed by atoms with Crippen molar-refractivity contribution in [1.29, 1.82) is 0 Å². The molecule has 2 aromatic carbocycles. The number of rotatable bonds is 2. The zero-order valence-corrected chi connectivity index (χ0v) is 12.8. The Bertz CT molecular complexity index is 953. The molecule has 0 saturated heterocycles. The van der Waals surface area contributed by atoms with Crippen LogP contribution >= 0.6 is 0 Å². The van der Waals surface area contributed by atoms with E-state index in [-0.39, 0.29) is 5.75 Å². The Morgan fingerprint density at radius 1 is 1.00 bits per heavy atom. The molecule has 5 nitrogen and oxygen atoms in total. The molecule has 3 rings (SSSR count). The Morgan fingerprint density at radius 2 is 1.68 bits per heavy atom. The average molecular weight is 300 g/mol. The van der Waals surface area contributed by atoms with Crippen LogP contribution in [0.15, 0.2) is 27.4 Å². The van der Waals surface area contributed by atoms with E-state index in [9.17, 15) is 9.90 Å². The molecule has 0 spiro atoms. The van der Waals surface area contributed by atoms with Crippen LogP contribution in [0.25, 0.3) is 21.5 Å². The minimum absolute atomic E-state index is 0.0353. The van der Waals surface area contributed by atoms with Crippen molar-refractivity contribution in [2.24, 2.45) is 0 Å². The summed E-state index contributed by atoms with van der Waals surface area (Å²) in [4.78, 5) is 12.2. The van der Waals surface area contributed by atoms with E-state index >= 15 is 0 Å². The van der Waals surface area contributed by atoms with E-state index in [1.165, 1.54) is 7.11 Å². The smallest absolute Gasteiger partial charge is 0.347 e. The first-order chi connectivity index (χ1) is 10.5. The molecule has 114 valence electrons. The number of benzene rings is 2. The normalized spacial score (nSPS) is 11.1. The summed E-state index contributed by atoms with van der Waals surface area (Å²) in [5.74, 6) is 1.44. The molecule has 0 aliphatic rings. The van der Waals surface area contributed by atoms with Crippen LogP contribution in [0.1, 0.15) is 11.3 Å². The first kappa shape index (κ1) is 14.3. The number of phenols is 1. The molecule has 0 aliphatic carbocycles. The van der Waals surface area contributed by atoms with Crippen molar-refractivity contribution in [2.75, 3.05) is 14.2 Å². The molecule has 0 atom stereocenters. The van der Waals surface area contributed by atoms with Crippen molar-refractivity contribution in [1.82, 2.24) is 0 Å². The van der Waals surface area contributed by atoms with Gasteiger partial charge in [-0.05, 0) is 42.8 Å². The molecule has 3 aromatic rings. The van der Waals surface area contributed by atoms with Crippen LogP contribution in [0.2, 0.25) is 0 Å². The van der Waals surface area contributed by atoms with Gasteiger partial charge >= 0.3 is 5.63 Å². The predicted octanol–water partition coefficient (Wildman–Crippen LogP) is 3.29. The van der Waals surface area contributed by atoms with Gasteiger partial charge in [-0.1, -0.05) is 0 Å². The average Bonchev–Trinajstić information content (AvgIpc) is 2.48. The van der Waals surface area contributed by atoms with Crippen LogP contribution in [0, 0.1) is 13.8 Å². The van der Waals surface area contributed by atoms with Crippen molar-refractivity contribution < 1.29 is 19.0 Å². The van der Waals surface area contributed by atoms with Crippen molar-refractivity contribution in [3.8, 4) is 17.2 Å². The molecule has 0 bridgehead atoms. The maximum absolute atomic E-state index is 12.2. The maximum atomic E-state index is 12.2. The zero-order valence-electron chi connectivity index (χ0n) is 12.8. The number of hydrogen-bond acceptors (Lipinski definition) is 5. The molecular formula is C17H16O5. The van der Waals surface area contributed by atoms with Crippen LogP contribution in [0.5, 0.6) is 17.2 Å². The molecule has 22 heavy (non-hydrogen) atoms. The fourth-order valence-electron chi connectivity index (χ4n) is 2.80. The number of methoxy groups -OCH3 is 2. The van der Waals surface area contributed by atoms with E-state index in [1.54, 1.807) is 27.0 Å². The van der Waals surface area contributed by atoms with Crippen LogP contribution in [-0.4, -0.2) is 19.3 Å². The molecule has 0 radical (unpaired) electrons. The summed E-state index contributed by atoms with van der Waals surface area (Å²) in [5, 5.41) is 12.7. The van der Waals surface area contributed by atoms with E-state index in [0.717, 1.165) is 5.39 Å². The van der Waals surface area contributed by atoms with Crippen LogP contribution < -0.4 is 15.1 Å². The monoisotopic (exact) mass is 300 g/mol. The van der Waals surface area contributed by atoms with Gasteiger partial charge in [-0.2, -0.15) is 0 Å². The van der Waals surface area contributed by atoms with E-state index in [0.29, 0.717) is 39.0 Å². The highest BCUT2D eigenvalue weighted by Gasteiger charge is 2.19. The van der Waals surface area contributed by atoms with Gasteiger partial charge in [0.25, 0.3) is 0 Å². The molecule has 0 unspecified atom stereocenters.